The monoisotopic (exact) mass is 424 g/mol. The van der Waals surface area contributed by atoms with Crippen LogP contribution in [0.25, 0.3) is 0 Å². The van der Waals surface area contributed by atoms with Crippen LogP contribution in [-0.4, -0.2) is 32.7 Å². The van der Waals surface area contributed by atoms with E-state index in [2.05, 4.69) is 5.32 Å². The molecule has 1 amide bonds. The minimum Gasteiger partial charge on any atom is -0.489 e. The van der Waals surface area contributed by atoms with Crippen molar-refractivity contribution in [3.63, 3.8) is 0 Å². The van der Waals surface area contributed by atoms with Gasteiger partial charge in [-0.05, 0) is 47.5 Å². The number of hydrogen-bond acceptors (Lipinski definition) is 4. The Morgan fingerprint density at radius 3 is 2.23 bits per heavy atom. The summed E-state index contributed by atoms with van der Waals surface area (Å²) >= 11 is 0. The zero-order valence-electron chi connectivity index (χ0n) is 16.9. The minimum absolute atomic E-state index is 0.148. The quantitative estimate of drug-likeness (QED) is 0.601. The second-order valence-corrected chi connectivity index (χ2v) is 9.07. The van der Waals surface area contributed by atoms with Crippen molar-refractivity contribution in [3.05, 3.63) is 95.6 Å². The Morgan fingerprint density at radius 1 is 0.900 bits per heavy atom. The van der Waals surface area contributed by atoms with Crippen molar-refractivity contribution < 1.29 is 17.9 Å². The molecule has 0 aromatic heterocycles. The highest BCUT2D eigenvalue weighted by molar-refractivity contribution is 7.89. The van der Waals surface area contributed by atoms with Crippen molar-refractivity contribution in [2.75, 3.05) is 14.1 Å². The molecule has 0 atom stereocenters. The van der Waals surface area contributed by atoms with Crippen molar-refractivity contribution >= 4 is 15.9 Å². The molecule has 0 saturated heterocycles. The van der Waals surface area contributed by atoms with Crippen LogP contribution in [0, 0.1) is 0 Å². The van der Waals surface area contributed by atoms with E-state index in [4.69, 9.17) is 4.74 Å². The third-order valence-electron chi connectivity index (χ3n) is 4.49. The molecule has 3 rings (SSSR count). The number of rotatable bonds is 8. The number of para-hydroxylation sites is 1. The van der Waals surface area contributed by atoms with E-state index < -0.39 is 10.0 Å². The summed E-state index contributed by atoms with van der Waals surface area (Å²) in [6.07, 6.45) is 0. The average Bonchev–Trinajstić information content (AvgIpc) is 2.77. The number of hydrogen-bond donors (Lipinski definition) is 1. The molecule has 30 heavy (non-hydrogen) atoms. The second-order valence-electron chi connectivity index (χ2n) is 6.92. The molecule has 156 valence electrons. The molecule has 0 unspecified atom stereocenters. The lowest BCUT2D eigenvalue weighted by Crippen LogP contribution is -2.24. The normalized spacial score (nSPS) is 11.3. The van der Waals surface area contributed by atoms with Gasteiger partial charge in [-0.3, -0.25) is 4.79 Å². The maximum Gasteiger partial charge on any atom is 0.251 e. The van der Waals surface area contributed by atoms with Crippen LogP contribution in [0.3, 0.4) is 0 Å². The lowest BCUT2D eigenvalue weighted by Gasteiger charge is -2.12. The van der Waals surface area contributed by atoms with Gasteiger partial charge >= 0.3 is 0 Å². The predicted molar refractivity (Wildman–Crippen MR) is 116 cm³/mol. The van der Waals surface area contributed by atoms with Crippen LogP contribution in [-0.2, 0) is 23.2 Å². The van der Waals surface area contributed by atoms with Crippen molar-refractivity contribution in [1.82, 2.24) is 9.62 Å². The maximum absolute atomic E-state index is 12.4. The molecule has 0 spiro atoms. The van der Waals surface area contributed by atoms with Crippen LogP contribution in [0.1, 0.15) is 21.5 Å². The fraction of sp³-hybridized carbons (Fsp3) is 0.174. The van der Waals surface area contributed by atoms with Crippen LogP contribution >= 0.6 is 0 Å². The maximum atomic E-state index is 12.4. The van der Waals surface area contributed by atoms with Gasteiger partial charge in [-0.25, -0.2) is 12.7 Å². The van der Waals surface area contributed by atoms with Crippen LogP contribution in [0.15, 0.2) is 83.8 Å². The lowest BCUT2D eigenvalue weighted by atomic mass is 10.1. The van der Waals surface area contributed by atoms with E-state index in [0.29, 0.717) is 18.7 Å². The first kappa shape index (κ1) is 21.5. The largest absolute Gasteiger partial charge is 0.489 e. The Labute approximate surface area is 177 Å². The average molecular weight is 425 g/mol. The molecule has 3 aromatic carbocycles. The molecule has 0 fully saturated rings. The molecule has 0 aliphatic rings. The van der Waals surface area contributed by atoms with E-state index in [0.717, 1.165) is 21.2 Å². The Balaban J connectivity index is 1.58. The van der Waals surface area contributed by atoms with E-state index in [1.165, 1.54) is 38.4 Å². The van der Waals surface area contributed by atoms with Crippen molar-refractivity contribution in [2.24, 2.45) is 0 Å². The standard InChI is InChI=1S/C23H24N2O4S/c1-25(2)30(27,28)22-13-11-20(12-14-22)23(26)24-16-18-7-6-8-19(15-18)17-29-21-9-4-3-5-10-21/h3-15H,16-17H2,1-2H3,(H,24,26). The van der Waals surface area contributed by atoms with Gasteiger partial charge in [-0.15, -0.1) is 0 Å². The first-order valence-electron chi connectivity index (χ1n) is 9.43. The van der Waals surface area contributed by atoms with Gasteiger partial charge < -0.3 is 10.1 Å². The molecule has 0 saturated carbocycles. The summed E-state index contributed by atoms with van der Waals surface area (Å²) in [4.78, 5) is 12.6. The van der Waals surface area contributed by atoms with Crippen LogP contribution in [0.5, 0.6) is 5.75 Å². The van der Waals surface area contributed by atoms with Gasteiger partial charge in [-0.1, -0.05) is 42.5 Å². The molecule has 3 aromatic rings. The zero-order valence-corrected chi connectivity index (χ0v) is 17.7. The first-order valence-corrected chi connectivity index (χ1v) is 10.9. The van der Waals surface area contributed by atoms with E-state index in [1.54, 1.807) is 0 Å². The lowest BCUT2D eigenvalue weighted by molar-refractivity contribution is 0.0951. The molecule has 0 heterocycles. The molecule has 1 N–H and O–H groups in total. The van der Waals surface area contributed by atoms with Crippen molar-refractivity contribution in [2.45, 2.75) is 18.0 Å². The number of ether oxygens (including phenoxy) is 1. The molecule has 0 aliphatic heterocycles. The summed E-state index contributed by atoms with van der Waals surface area (Å²) in [6, 6.07) is 23.3. The van der Waals surface area contributed by atoms with E-state index in [1.807, 2.05) is 54.6 Å². The first-order chi connectivity index (χ1) is 14.4. The van der Waals surface area contributed by atoms with Gasteiger partial charge in [-0.2, -0.15) is 0 Å². The Kier molecular flexibility index (Phi) is 6.87. The fourth-order valence-corrected chi connectivity index (χ4v) is 3.69. The fourth-order valence-electron chi connectivity index (χ4n) is 2.79. The highest BCUT2D eigenvalue weighted by Gasteiger charge is 2.17. The summed E-state index contributed by atoms with van der Waals surface area (Å²) in [5.74, 6) is 0.533. The van der Waals surface area contributed by atoms with Gasteiger partial charge in [0.25, 0.3) is 5.91 Å². The molecule has 0 aliphatic carbocycles. The van der Waals surface area contributed by atoms with Gasteiger partial charge in [0.15, 0.2) is 0 Å². The highest BCUT2D eigenvalue weighted by Crippen LogP contribution is 2.15. The topological polar surface area (TPSA) is 75.7 Å². The van der Waals surface area contributed by atoms with Crippen LogP contribution in [0.2, 0.25) is 0 Å². The van der Waals surface area contributed by atoms with Gasteiger partial charge in [0.05, 0.1) is 4.90 Å². The third-order valence-corrected chi connectivity index (χ3v) is 6.32. The van der Waals surface area contributed by atoms with Gasteiger partial charge in [0, 0.05) is 26.2 Å². The Morgan fingerprint density at radius 2 is 1.57 bits per heavy atom. The second kappa shape index (κ2) is 9.56. The highest BCUT2D eigenvalue weighted by atomic mass is 32.2. The molecular formula is C23H24N2O4S. The molecule has 0 radical (unpaired) electrons. The number of carbonyl (C=O) groups excluding carboxylic acids is 1. The summed E-state index contributed by atoms with van der Waals surface area (Å²) < 4.78 is 31.1. The number of benzene rings is 3. The third kappa shape index (κ3) is 5.46. The Bertz CT molecular complexity index is 1100. The summed E-state index contributed by atoms with van der Waals surface area (Å²) in [7, 11) is -0.581. The number of sulfonamides is 1. The summed E-state index contributed by atoms with van der Waals surface area (Å²) in [5, 5.41) is 2.86. The number of nitrogens with one attached hydrogen (secondary N) is 1. The molecular weight excluding hydrogens is 400 g/mol. The molecule has 7 heteroatoms. The zero-order chi connectivity index (χ0) is 21.6. The molecule has 0 bridgehead atoms. The van der Waals surface area contributed by atoms with E-state index >= 15 is 0 Å². The summed E-state index contributed by atoms with van der Waals surface area (Å²) in [5.41, 5.74) is 2.35. The number of carbonyl (C=O) groups is 1. The minimum atomic E-state index is -3.52. The summed E-state index contributed by atoms with van der Waals surface area (Å²) in [6.45, 7) is 0.795. The predicted octanol–water partition coefficient (Wildman–Crippen LogP) is 3.45. The smallest absolute Gasteiger partial charge is 0.251 e. The SMILES string of the molecule is CN(C)S(=O)(=O)c1ccc(C(=O)NCc2cccc(COc3ccccc3)c2)cc1. The van der Waals surface area contributed by atoms with Crippen LogP contribution in [0.4, 0.5) is 0 Å². The van der Waals surface area contributed by atoms with Crippen molar-refractivity contribution in [1.29, 1.82) is 0 Å². The van der Waals surface area contributed by atoms with E-state index in [9.17, 15) is 13.2 Å². The number of nitrogens with zero attached hydrogens (tertiary/aromatic N) is 1. The van der Waals surface area contributed by atoms with E-state index in [-0.39, 0.29) is 10.8 Å². The van der Waals surface area contributed by atoms with Gasteiger partial charge in [0.2, 0.25) is 10.0 Å². The van der Waals surface area contributed by atoms with Crippen LogP contribution < -0.4 is 10.1 Å². The Hall–Kier alpha value is -3.16. The molecule has 6 nitrogen and oxygen atoms in total. The number of amides is 1. The van der Waals surface area contributed by atoms with Gasteiger partial charge in [0.1, 0.15) is 12.4 Å². The van der Waals surface area contributed by atoms with Crippen molar-refractivity contribution in [3.8, 4) is 5.75 Å².